The summed E-state index contributed by atoms with van der Waals surface area (Å²) in [7, 11) is -3.38. The molecule has 0 unspecified atom stereocenters. The van der Waals surface area contributed by atoms with Gasteiger partial charge in [0.05, 0.1) is 0 Å². The number of fused-ring (bicyclic) bond motifs is 3. The fourth-order valence-electron chi connectivity index (χ4n) is 4.19. The van der Waals surface area contributed by atoms with Crippen LogP contribution in [0.5, 0.6) is 0 Å². The standard InChI is InChI=1S/C18H31NO2Si2/c1-14-9-8-10-15-16(14)19-13-17(20-22(2,3)4)11-12-18(15,17)21-23(5,6)7/h8-10,19H,11-13H2,1-7H3/t17-,18+/m1/s1. The number of rotatable bonds is 4. The lowest BCUT2D eigenvalue weighted by atomic mass is 9.59. The minimum atomic E-state index is -1.71. The van der Waals surface area contributed by atoms with E-state index in [0.29, 0.717) is 0 Å². The van der Waals surface area contributed by atoms with Crippen molar-refractivity contribution in [2.24, 2.45) is 0 Å². The molecule has 2 aliphatic rings. The summed E-state index contributed by atoms with van der Waals surface area (Å²) >= 11 is 0. The van der Waals surface area contributed by atoms with E-state index >= 15 is 0 Å². The quantitative estimate of drug-likeness (QED) is 0.788. The molecule has 5 heteroatoms. The molecule has 3 nitrogen and oxygen atoms in total. The van der Waals surface area contributed by atoms with Gasteiger partial charge >= 0.3 is 0 Å². The van der Waals surface area contributed by atoms with Crippen LogP contribution >= 0.6 is 0 Å². The first kappa shape index (κ1) is 17.2. The van der Waals surface area contributed by atoms with Crippen LogP contribution in [0.4, 0.5) is 5.69 Å². The number of benzene rings is 1. The zero-order valence-electron chi connectivity index (χ0n) is 15.7. The molecule has 0 radical (unpaired) electrons. The second-order valence-electron chi connectivity index (χ2n) is 9.10. The summed E-state index contributed by atoms with van der Waals surface area (Å²) < 4.78 is 13.7. The molecular formula is C18H31NO2Si2. The maximum Gasteiger partial charge on any atom is 0.185 e. The predicted molar refractivity (Wildman–Crippen MR) is 102 cm³/mol. The molecule has 3 rings (SSSR count). The topological polar surface area (TPSA) is 30.5 Å². The Morgan fingerprint density at radius 3 is 2.13 bits per heavy atom. The molecule has 0 aromatic heterocycles. The number of para-hydroxylation sites is 1. The fourth-order valence-corrected chi connectivity index (χ4v) is 7.14. The summed E-state index contributed by atoms with van der Waals surface area (Å²) in [5.74, 6) is 0. The molecule has 1 heterocycles. The first-order valence-corrected chi connectivity index (χ1v) is 15.5. The number of aryl methyl sites for hydroxylation is 1. The largest absolute Gasteiger partial charge is 0.407 e. The monoisotopic (exact) mass is 349 g/mol. The van der Waals surface area contributed by atoms with Crippen LogP contribution in [0.3, 0.4) is 0 Å². The molecule has 1 aromatic rings. The van der Waals surface area contributed by atoms with Gasteiger partial charge in [-0.05, 0) is 64.6 Å². The van der Waals surface area contributed by atoms with Gasteiger partial charge in [-0.15, -0.1) is 0 Å². The zero-order chi connectivity index (χ0) is 17.1. The molecule has 1 aliphatic heterocycles. The molecule has 1 N–H and O–H groups in total. The molecule has 1 aliphatic carbocycles. The Morgan fingerprint density at radius 1 is 0.957 bits per heavy atom. The highest BCUT2D eigenvalue weighted by Gasteiger charge is 2.66. The van der Waals surface area contributed by atoms with Crippen molar-refractivity contribution < 1.29 is 8.85 Å². The molecular weight excluding hydrogens is 318 g/mol. The lowest BCUT2D eigenvalue weighted by molar-refractivity contribution is -0.202. The maximum absolute atomic E-state index is 6.89. The van der Waals surface area contributed by atoms with E-state index in [4.69, 9.17) is 8.85 Å². The first-order chi connectivity index (χ1) is 10.5. The molecule has 1 fully saturated rings. The van der Waals surface area contributed by atoms with Crippen LogP contribution in [0.25, 0.3) is 0 Å². The minimum absolute atomic E-state index is 0.196. The third kappa shape index (κ3) is 2.82. The van der Waals surface area contributed by atoms with Gasteiger partial charge in [0.25, 0.3) is 0 Å². The van der Waals surface area contributed by atoms with Gasteiger partial charge in [0.1, 0.15) is 11.2 Å². The van der Waals surface area contributed by atoms with Crippen molar-refractivity contribution in [1.82, 2.24) is 0 Å². The first-order valence-electron chi connectivity index (χ1n) is 8.72. The summed E-state index contributed by atoms with van der Waals surface area (Å²) in [6.45, 7) is 16.8. The maximum atomic E-state index is 6.89. The van der Waals surface area contributed by atoms with Gasteiger partial charge < -0.3 is 14.2 Å². The Bertz CT molecular complexity index is 620. The molecule has 1 aromatic carbocycles. The van der Waals surface area contributed by atoms with Crippen LogP contribution in [0.2, 0.25) is 39.3 Å². The molecule has 0 saturated heterocycles. The summed E-state index contributed by atoms with van der Waals surface area (Å²) in [5, 5.41) is 3.67. The van der Waals surface area contributed by atoms with Crippen molar-refractivity contribution in [3.63, 3.8) is 0 Å². The van der Waals surface area contributed by atoms with Gasteiger partial charge in [0.15, 0.2) is 16.6 Å². The van der Waals surface area contributed by atoms with E-state index < -0.39 is 16.6 Å². The molecule has 0 amide bonds. The predicted octanol–water partition coefficient (Wildman–Crippen LogP) is 4.85. The van der Waals surface area contributed by atoms with Crippen LogP contribution in [-0.4, -0.2) is 28.8 Å². The van der Waals surface area contributed by atoms with E-state index in [1.165, 1.54) is 16.8 Å². The second kappa shape index (κ2) is 5.18. The summed E-state index contributed by atoms with van der Waals surface area (Å²) in [4.78, 5) is 0. The molecule has 23 heavy (non-hydrogen) atoms. The van der Waals surface area contributed by atoms with Crippen LogP contribution in [0.15, 0.2) is 18.2 Å². The average Bonchev–Trinajstić information content (AvgIpc) is 2.37. The van der Waals surface area contributed by atoms with Gasteiger partial charge in [-0.3, -0.25) is 0 Å². The van der Waals surface area contributed by atoms with E-state index in [1.807, 2.05) is 0 Å². The Hall–Kier alpha value is -0.626. The van der Waals surface area contributed by atoms with Crippen molar-refractivity contribution in [1.29, 1.82) is 0 Å². The van der Waals surface area contributed by atoms with Crippen LogP contribution in [0.1, 0.15) is 24.0 Å². The normalized spacial score (nSPS) is 30.0. The van der Waals surface area contributed by atoms with Crippen molar-refractivity contribution in [3.8, 4) is 0 Å². The Morgan fingerprint density at radius 2 is 1.61 bits per heavy atom. The highest BCUT2D eigenvalue weighted by molar-refractivity contribution is 6.70. The van der Waals surface area contributed by atoms with Crippen LogP contribution < -0.4 is 5.32 Å². The van der Waals surface area contributed by atoms with E-state index in [9.17, 15) is 0 Å². The van der Waals surface area contributed by atoms with Crippen molar-refractivity contribution in [2.45, 2.75) is 70.2 Å². The van der Waals surface area contributed by atoms with Gasteiger partial charge in [0, 0.05) is 17.8 Å². The lowest BCUT2D eigenvalue weighted by Crippen LogP contribution is -2.72. The third-order valence-electron chi connectivity index (χ3n) is 4.86. The van der Waals surface area contributed by atoms with Gasteiger partial charge in [-0.25, -0.2) is 0 Å². The van der Waals surface area contributed by atoms with Crippen molar-refractivity contribution in [3.05, 3.63) is 29.3 Å². The Balaban J connectivity index is 2.13. The Kier molecular flexibility index (Phi) is 3.88. The number of hydrogen-bond acceptors (Lipinski definition) is 3. The number of hydrogen-bond donors (Lipinski definition) is 1. The van der Waals surface area contributed by atoms with E-state index in [2.05, 4.69) is 69.7 Å². The fraction of sp³-hybridized carbons (Fsp3) is 0.667. The lowest BCUT2D eigenvalue weighted by Gasteiger charge is -2.64. The van der Waals surface area contributed by atoms with Gasteiger partial charge in [-0.1, -0.05) is 18.2 Å². The zero-order valence-corrected chi connectivity index (χ0v) is 17.7. The Labute approximate surface area is 143 Å². The van der Waals surface area contributed by atoms with Gasteiger partial charge in [0.2, 0.25) is 0 Å². The van der Waals surface area contributed by atoms with Crippen LogP contribution in [0, 0.1) is 6.92 Å². The molecule has 0 spiro atoms. The highest BCUT2D eigenvalue weighted by atomic mass is 28.4. The molecule has 128 valence electrons. The summed E-state index contributed by atoms with van der Waals surface area (Å²) in [5.41, 5.74) is 3.42. The smallest absolute Gasteiger partial charge is 0.185 e. The van der Waals surface area contributed by atoms with Crippen molar-refractivity contribution in [2.75, 3.05) is 11.9 Å². The van der Waals surface area contributed by atoms with Gasteiger partial charge in [-0.2, -0.15) is 0 Å². The summed E-state index contributed by atoms with van der Waals surface area (Å²) in [6, 6.07) is 6.59. The highest BCUT2D eigenvalue weighted by Crippen LogP contribution is 2.60. The van der Waals surface area contributed by atoms with E-state index in [-0.39, 0.29) is 11.2 Å². The van der Waals surface area contributed by atoms with E-state index in [1.54, 1.807) is 0 Å². The summed E-state index contributed by atoms with van der Waals surface area (Å²) in [6.07, 6.45) is 2.15. The van der Waals surface area contributed by atoms with Crippen LogP contribution in [-0.2, 0) is 14.5 Å². The average molecular weight is 350 g/mol. The molecule has 0 bridgehead atoms. The minimum Gasteiger partial charge on any atom is -0.407 e. The number of anilines is 1. The third-order valence-corrected chi connectivity index (χ3v) is 6.82. The molecule has 2 atom stereocenters. The second-order valence-corrected chi connectivity index (χ2v) is 18.0. The number of nitrogens with one attached hydrogen (secondary N) is 1. The SMILES string of the molecule is Cc1cccc2c1NC[C@]1(O[Si](C)(C)C)CC[C@]21O[Si](C)(C)C. The molecule has 1 saturated carbocycles. The van der Waals surface area contributed by atoms with E-state index in [0.717, 1.165) is 19.4 Å². The van der Waals surface area contributed by atoms with Crippen molar-refractivity contribution >= 4 is 22.3 Å².